The minimum atomic E-state index is -1.03. The van der Waals surface area contributed by atoms with Crippen LogP contribution in [-0.2, 0) is 14.3 Å². The first-order chi connectivity index (χ1) is 11.4. The van der Waals surface area contributed by atoms with E-state index >= 15 is 0 Å². The molecule has 1 atom stereocenters. The fourth-order valence-electron chi connectivity index (χ4n) is 1.78. The first kappa shape index (κ1) is 17.3. The largest absolute Gasteiger partial charge is 0.449 e. The second-order valence-electron chi connectivity index (χ2n) is 4.96. The van der Waals surface area contributed by atoms with Crippen LogP contribution >= 0.6 is 0 Å². The van der Waals surface area contributed by atoms with Gasteiger partial charge in [0, 0.05) is 11.8 Å². The molecule has 0 aromatic heterocycles. The van der Waals surface area contributed by atoms with Gasteiger partial charge in [0.25, 0.3) is 5.91 Å². The second kappa shape index (κ2) is 8.01. The van der Waals surface area contributed by atoms with Crippen molar-refractivity contribution >= 4 is 23.6 Å². The second-order valence-corrected chi connectivity index (χ2v) is 4.96. The Morgan fingerprint density at radius 2 is 1.54 bits per heavy atom. The summed E-state index contributed by atoms with van der Waals surface area (Å²) in [5.41, 5.74) is 1.02. The highest BCUT2D eigenvalue weighted by molar-refractivity contribution is 5.96. The lowest BCUT2D eigenvalue weighted by molar-refractivity contribution is -0.148. The lowest BCUT2D eigenvalue weighted by Gasteiger charge is -2.12. The number of carbonyl (C=O) groups excluding carboxylic acids is 2. The summed E-state index contributed by atoms with van der Waals surface area (Å²) in [4.78, 5) is 23.6. The van der Waals surface area contributed by atoms with E-state index in [-0.39, 0.29) is 5.82 Å². The van der Waals surface area contributed by atoms with Crippen molar-refractivity contribution in [1.82, 2.24) is 0 Å². The Morgan fingerprint density at radius 3 is 2.12 bits per heavy atom. The number of ether oxygens (including phenoxy) is 1. The van der Waals surface area contributed by atoms with E-state index in [0.29, 0.717) is 11.3 Å². The SMILES string of the molecule is C[C@@H](OC(=O)/C=C/c1ccc(F)cc1)C(=O)Nc1ccc(F)cc1. The Hall–Kier alpha value is -3.02. The summed E-state index contributed by atoms with van der Waals surface area (Å²) in [6, 6.07) is 10.8. The molecule has 0 saturated carbocycles. The lowest BCUT2D eigenvalue weighted by atomic mass is 10.2. The normalized spacial score (nSPS) is 12.0. The van der Waals surface area contributed by atoms with Crippen molar-refractivity contribution in [2.75, 3.05) is 5.32 Å². The molecule has 0 unspecified atom stereocenters. The number of halogens is 2. The summed E-state index contributed by atoms with van der Waals surface area (Å²) in [7, 11) is 0. The highest BCUT2D eigenvalue weighted by Crippen LogP contribution is 2.10. The van der Waals surface area contributed by atoms with Crippen molar-refractivity contribution in [3.63, 3.8) is 0 Å². The molecule has 0 aliphatic rings. The number of hydrogen-bond acceptors (Lipinski definition) is 3. The van der Waals surface area contributed by atoms with Gasteiger partial charge < -0.3 is 10.1 Å². The summed E-state index contributed by atoms with van der Waals surface area (Å²) < 4.78 is 30.5. The van der Waals surface area contributed by atoms with E-state index in [2.05, 4.69) is 5.32 Å². The Balaban J connectivity index is 1.87. The third kappa shape index (κ3) is 5.31. The van der Waals surface area contributed by atoms with Gasteiger partial charge in [0.15, 0.2) is 6.10 Å². The number of anilines is 1. The van der Waals surface area contributed by atoms with Crippen molar-refractivity contribution in [2.45, 2.75) is 13.0 Å². The molecule has 0 spiro atoms. The van der Waals surface area contributed by atoms with Gasteiger partial charge in [-0.05, 0) is 55.0 Å². The molecule has 0 saturated heterocycles. The van der Waals surface area contributed by atoms with Crippen molar-refractivity contribution in [2.24, 2.45) is 0 Å². The van der Waals surface area contributed by atoms with Crippen LogP contribution in [0.3, 0.4) is 0 Å². The summed E-state index contributed by atoms with van der Waals surface area (Å²) in [5.74, 6) is -2.04. The van der Waals surface area contributed by atoms with Gasteiger partial charge in [-0.3, -0.25) is 4.79 Å². The number of hydrogen-bond donors (Lipinski definition) is 1. The van der Waals surface area contributed by atoms with E-state index in [4.69, 9.17) is 4.74 Å². The summed E-state index contributed by atoms with van der Waals surface area (Å²) >= 11 is 0. The van der Waals surface area contributed by atoms with Gasteiger partial charge in [-0.15, -0.1) is 0 Å². The van der Waals surface area contributed by atoms with Crippen LogP contribution in [-0.4, -0.2) is 18.0 Å². The maximum atomic E-state index is 12.8. The van der Waals surface area contributed by atoms with Crippen LogP contribution in [0.15, 0.2) is 54.6 Å². The molecule has 0 aliphatic carbocycles. The molecule has 4 nitrogen and oxygen atoms in total. The van der Waals surface area contributed by atoms with Crippen LogP contribution in [0.25, 0.3) is 6.08 Å². The van der Waals surface area contributed by atoms with E-state index in [1.165, 1.54) is 61.5 Å². The smallest absolute Gasteiger partial charge is 0.331 e. The predicted octanol–water partition coefficient (Wildman–Crippen LogP) is 3.55. The number of benzene rings is 2. The Labute approximate surface area is 137 Å². The van der Waals surface area contributed by atoms with Crippen LogP contribution in [0.1, 0.15) is 12.5 Å². The van der Waals surface area contributed by atoms with E-state index in [1.54, 1.807) is 0 Å². The Kier molecular flexibility index (Phi) is 5.78. The molecular formula is C18H15F2NO3. The summed E-state index contributed by atoms with van der Waals surface area (Å²) in [6.07, 6.45) is 1.57. The average molecular weight is 331 g/mol. The zero-order valence-corrected chi connectivity index (χ0v) is 12.8. The first-order valence-corrected chi connectivity index (χ1v) is 7.15. The summed E-state index contributed by atoms with van der Waals surface area (Å²) in [6.45, 7) is 1.42. The zero-order chi connectivity index (χ0) is 17.5. The molecule has 1 amide bonds. The van der Waals surface area contributed by atoms with Crippen molar-refractivity contribution in [3.05, 3.63) is 71.8 Å². The number of carbonyl (C=O) groups is 2. The van der Waals surface area contributed by atoms with Gasteiger partial charge in [-0.1, -0.05) is 12.1 Å². The van der Waals surface area contributed by atoms with E-state index in [0.717, 1.165) is 6.08 Å². The zero-order valence-electron chi connectivity index (χ0n) is 12.8. The molecule has 2 rings (SSSR count). The third-order valence-electron chi connectivity index (χ3n) is 3.06. The standard InChI is InChI=1S/C18H15F2NO3/c1-12(18(23)21-16-9-7-15(20)8-10-16)24-17(22)11-4-13-2-5-14(19)6-3-13/h2-12H,1H3,(H,21,23)/b11-4+/t12-/m1/s1. The summed E-state index contributed by atoms with van der Waals surface area (Å²) in [5, 5.41) is 2.51. The number of nitrogens with one attached hydrogen (secondary N) is 1. The fourth-order valence-corrected chi connectivity index (χ4v) is 1.78. The van der Waals surface area contributed by atoms with Crippen LogP contribution < -0.4 is 5.32 Å². The van der Waals surface area contributed by atoms with Gasteiger partial charge in [0.1, 0.15) is 11.6 Å². The molecule has 0 fully saturated rings. The van der Waals surface area contributed by atoms with Gasteiger partial charge in [-0.2, -0.15) is 0 Å². The topological polar surface area (TPSA) is 55.4 Å². The van der Waals surface area contributed by atoms with E-state index in [1.807, 2.05) is 0 Å². The predicted molar refractivity (Wildman–Crippen MR) is 86.0 cm³/mol. The van der Waals surface area contributed by atoms with Gasteiger partial charge in [-0.25, -0.2) is 13.6 Å². The van der Waals surface area contributed by atoms with Gasteiger partial charge in [0.05, 0.1) is 0 Å². The molecular weight excluding hydrogens is 316 g/mol. The van der Waals surface area contributed by atoms with Crippen LogP contribution in [0.5, 0.6) is 0 Å². The maximum absolute atomic E-state index is 12.8. The molecule has 0 heterocycles. The van der Waals surface area contributed by atoms with E-state index in [9.17, 15) is 18.4 Å². The lowest BCUT2D eigenvalue weighted by Crippen LogP contribution is -2.29. The molecule has 0 radical (unpaired) electrons. The minimum Gasteiger partial charge on any atom is -0.449 e. The van der Waals surface area contributed by atoms with Crippen molar-refractivity contribution in [1.29, 1.82) is 0 Å². The fraction of sp³-hybridized carbons (Fsp3) is 0.111. The van der Waals surface area contributed by atoms with Gasteiger partial charge >= 0.3 is 5.97 Å². The highest BCUT2D eigenvalue weighted by atomic mass is 19.1. The first-order valence-electron chi connectivity index (χ1n) is 7.15. The monoisotopic (exact) mass is 331 g/mol. The molecule has 2 aromatic carbocycles. The number of rotatable bonds is 5. The Bertz CT molecular complexity index is 740. The molecule has 2 aromatic rings. The van der Waals surface area contributed by atoms with Gasteiger partial charge in [0.2, 0.25) is 0 Å². The molecule has 24 heavy (non-hydrogen) atoms. The molecule has 1 N–H and O–H groups in total. The quantitative estimate of drug-likeness (QED) is 0.673. The van der Waals surface area contributed by atoms with Crippen molar-refractivity contribution < 1.29 is 23.1 Å². The van der Waals surface area contributed by atoms with Crippen molar-refractivity contribution in [3.8, 4) is 0 Å². The maximum Gasteiger partial charge on any atom is 0.331 e. The van der Waals surface area contributed by atoms with E-state index < -0.39 is 23.8 Å². The number of esters is 1. The minimum absolute atomic E-state index is 0.374. The number of amides is 1. The molecule has 124 valence electrons. The molecule has 6 heteroatoms. The van der Waals surface area contributed by atoms with Crippen LogP contribution in [0.4, 0.5) is 14.5 Å². The highest BCUT2D eigenvalue weighted by Gasteiger charge is 2.16. The third-order valence-corrected chi connectivity index (χ3v) is 3.06. The molecule has 0 bridgehead atoms. The average Bonchev–Trinajstić information content (AvgIpc) is 2.56. The Morgan fingerprint density at radius 1 is 1.00 bits per heavy atom. The van der Waals surface area contributed by atoms with Crippen LogP contribution in [0.2, 0.25) is 0 Å². The molecule has 0 aliphatic heterocycles. The van der Waals surface area contributed by atoms with Crippen LogP contribution in [0, 0.1) is 11.6 Å².